The molecule has 0 saturated carbocycles. The maximum Gasteiger partial charge on any atom is 0.516 e. The number of halogens is 1. The van der Waals surface area contributed by atoms with E-state index in [1.807, 2.05) is 42.5 Å². The van der Waals surface area contributed by atoms with Gasteiger partial charge in [0.05, 0.1) is 12.2 Å². The predicted octanol–water partition coefficient (Wildman–Crippen LogP) is 11.3. The third kappa shape index (κ3) is 11.1. The summed E-state index contributed by atoms with van der Waals surface area (Å²) < 4.78 is 32.5. The van der Waals surface area contributed by atoms with Gasteiger partial charge in [-0.2, -0.15) is 0 Å². The van der Waals surface area contributed by atoms with Crippen LogP contribution < -0.4 is 4.74 Å². The van der Waals surface area contributed by atoms with Crippen molar-refractivity contribution in [2.24, 2.45) is 0 Å². The second kappa shape index (κ2) is 19.6. The summed E-state index contributed by atoms with van der Waals surface area (Å²) in [6, 6.07) is 19.7. The fraction of sp³-hybridized carbons (Fsp3) is 0.474. The summed E-state index contributed by atoms with van der Waals surface area (Å²) in [7, 11) is 0. The van der Waals surface area contributed by atoms with Gasteiger partial charge in [-0.15, -0.1) is 0 Å². The fourth-order valence-corrected chi connectivity index (χ4v) is 5.26. The normalized spacial score (nSPS) is 11.0. The van der Waals surface area contributed by atoms with Crippen LogP contribution in [0.15, 0.2) is 66.7 Å². The number of hydrogen-bond acceptors (Lipinski definition) is 5. The molecule has 0 saturated heterocycles. The Balaban J connectivity index is 1.73. The zero-order valence-corrected chi connectivity index (χ0v) is 26.7. The van der Waals surface area contributed by atoms with Crippen molar-refractivity contribution in [2.45, 2.75) is 110 Å². The van der Waals surface area contributed by atoms with Crippen LogP contribution in [0.25, 0.3) is 22.3 Å². The fourth-order valence-electron chi connectivity index (χ4n) is 5.26. The van der Waals surface area contributed by atoms with E-state index in [4.69, 9.17) is 14.2 Å². The van der Waals surface area contributed by atoms with Crippen LogP contribution >= 0.6 is 0 Å². The topological polar surface area (TPSA) is 61.8 Å². The molecule has 0 radical (unpaired) electrons. The van der Waals surface area contributed by atoms with Crippen molar-refractivity contribution in [1.29, 1.82) is 0 Å². The Labute approximate surface area is 263 Å². The Morgan fingerprint density at radius 3 is 1.93 bits per heavy atom. The molecule has 0 spiro atoms. The first-order valence-corrected chi connectivity index (χ1v) is 16.5. The van der Waals surface area contributed by atoms with Crippen molar-refractivity contribution in [3.05, 3.63) is 78.1 Å². The highest BCUT2D eigenvalue weighted by Crippen LogP contribution is 2.37. The highest BCUT2D eigenvalue weighted by Gasteiger charge is 2.25. The molecule has 238 valence electrons. The maximum absolute atomic E-state index is 16.1. The quantitative estimate of drug-likeness (QED) is 0.0774. The Hall–Kier alpha value is -3.67. The summed E-state index contributed by atoms with van der Waals surface area (Å²) >= 11 is 0. The molecule has 0 fully saturated rings. The molecule has 5 nitrogen and oxygen atoms in total. The van der Waals surface area contributed by atoms with Gasteiger partial charge < -0.3 is 14.2 Å². The number of esters is 1. The van der Waals surface area contributed by atoms with Gasteiger partial charge in [-0.1, -0.05) is 134 Å². The van der Waals surface area contributed by atoms with E-state index < -0.39 is 17.9 Å². The summed E-state index contributed by atoms with van der Waals surface area (Å²) in [6.07, 6.45) is 12.3. The molecule has 0 bridgehead atoms. The van der Waals surface area contributed by atoms with E-state index in [-0.39, 0.29) is 17.2 Å². The number of unbranched alkanes of at least 4 members (excludes halogenated alkanes) is 8. The lowest BCUT2D eigenvalue weighted by atomic mass is 9.92. The van der Waals surface area contributed by atoms with Gasteiger partial charge in [0.25, 0.3) is 0 Å². The smallest absolute Gasteiger partial charge is 0.494 e. The molecular weight excluding hydrogens is 555 g/mol. The molecule has 0 aliphatic rings. The zero-order chi connectivity index (χ0) is 31.6. The molecule has 0 aromatic heterocycles. The minimum Gasteiger partial charge on any atom is -0.494 e. The summed E-state index contributed by atoms with van der Waals surface area (Å²) in [5.41, 5.74) is 1.94. The van der Waals surface area contributed by atoms with E-state index in [9.17, 15) is 9.59 Å². The highest BCUT2D eigenvalue weighted by molar-refractivity contribution is 5.98. The first kappa shape index (κ1) is 34.8. The Bertz CT molecular complexity index is 1260. The summed E-state index contributed by atoms with van der Waals surface area (Å²) in [6.45, 7) is 7.02. The lowest BCUT2D eigenvalue weighted by molar-refractivity contribution is 0.0165. The van der Waals surface area contributed by atoms with Gasteiger partial charge >= 0.3 is 12.1 Å². The van der Waals surface area contributed by atoms with Crippen molar-refractivity contribution in [1.82, 2.24) is 0 Å². The first-order chi connectivity index (χ1) is 21.5. The van der Waals surface area contributed by atoms with Crippen molar-refractivity contribution in [3.8, 4) is 28.0 Å². The number of benzene rings is 3. The third-order valence-corrected chi connectivity index (χ3v) is 7.80. The minimum atomic E-state index is -1.09. The zero-order valence-electron chi connectivity index (χ0n) is 26.7. The summed E-state index contributed by atoms with van der Waals surface area (Å²) in [5.74, 6) is -1.06. The Morgan fingerprint density at radius 2 is 1.30 bits per heavy atom. The molecule has 0 heterocycles. The summed E-state index contributed by atoms with van der Waals surface area (Å²) in [5, 5.41) is 0. The number of carbonyl (C=O) groups is 2. The highest BCUT2D eigenvalue weighted by atomic mass is 19.1. The number of hydrogen-bond donors (Lipinski definition) is 0. The summed E-state index contributed by atoms with van der Waals surface area (Å²) in [4.78, 5) is 25.5. The van der Waals surface area contributed by atoms with Gasteiger partial charge in [0.2, 0.25) is 0 Å². The van der Waals surface area contributed by atoms with Crippen LogP contribution in [0.2, 0.25) is 0 Å². The molecule has 3 rings (SSSR count). The molecular formula is C38H49FO5. The molecule has 6 heteroatoms. The Morgan fingerprint density at radius 1 is 0.682 bits per heavy atom. The standard InChI is InChI=1S/C38H49FO5/c1-4-7-10-11-12-13-17-28-42-31-24-22-29(23-25-31)33-26-27-34(36(39)35(33)30-18-15-14-16-19-30)37(40)44-38(41)43-32(20-8-5-2)21-9-6-3/h14-16,18-19,22-27,32H,4-13,17,20-21,28H2,1-3H3. The molecule has 3 aromatic rings. The van der Waals surface area contributed by atoms with E-state index >= 15 is 4.39 Å². The largest absolute Gasteiger partial charge is 0.516 e. The van der Waals surface area contributed by atoms with E-state index in [0.717, 1.165) is 49.8 Å². The average Bonchev–Trinajstić information content (AvgIpc) is 3.04. The SMILES string of the molecule is CCCCCCCCCOc1ccc(-c2ccc(C(=O)OC(=O)OC(CCCC)CCCC)c(F)c2-c2ccccc2)cc1. The van der Waals surface area contributed by atoms with Crippen LogP contribution in [0.1, 0.15) is 115 Å². The molecule has 0 N–H and O–H groups in total. The monoisotopic (exact) mass is 604 g/mol. The second-order valence-electron chi connectivity index (χ2n) is 11.4. The minimum absolute atomic E-state index is 0.258. The lowest BCUT2D eigenvalue weighted by Gasteiger charge is -2.17. The van der Waals surface area contributed by atoms with Gasteiger partial charge in [0.1, 0.15) is 17.7 Å². The molecule has 0 aliphatic heterocycles. The molecule has 44 heavy (non-hydrogen) atoms. The number of rotatable bonds is 19. The van der Waals surface area contributed by atoms with Gasteiger partial charge in [-0.3, -0.25) is 0 Å². The Kier molecular flexibility index (Phi) is 15.5. The van der Waals surface area contributed by atoms with Crippen molar-refractivity contribution >= 4 is 12.1 Å². The molecule has 3 aromatic carbocycles. The second-order valence-corrected chi connectivity index (χ2v) is 11.4. The van der Waals surface area contributed by atoms with Gasteiger partial charge in [0.15, 0.2) is 0 Å². The van der Waals surface area contributed by atoms with Gasteiger partial charge in [-0.05, 0) is 54.2 Å². The predicted molar refractivity (Wildman–Crippen MR) is 175 cm³/mol. The number of ether oxygens (including phenoxy) is 3. The third-order valence-electron chi connectivity index (χ3n) is 7.80. The van der Waals surface area contributed by atoms with Crippen LogP contribution in [0.5, 0.6) is 5.75 Å². The van der Waals surface area contributed by atoms with Gasteiger partial charge in [-0.25, -0.2) is 14.0 Å². The number of carbonyl (C=O) groups excluding carboxylic acids is 2. The van der Waals surface area contributed by atoms with Crippen LogP contribution in [-0.2, 0) is 9.47 Å². The van der Waals surface area contributed by atoms with Gasteiger partial charge in [0, 0.05) is 5.56 Å². The maximum atomic E-state index is 16.1. The average molecular weight is 605 g/mol. The van der Waals surface area contributed by atoms with Crippen molar-refractivity contribution in [2.75, 3.05) is 6.61 Å². The van der Waals surface area contributed by atoms with E-state index in [2.05, 4.69) is 20.8 Å². The first-order valence-electron chi connectivity index (χ1n) is 16.5. The van der Waals surface area contributed by atoms with Crippen molar-refractivity contribution in [3.63, 3.8) is 0 Å². The van der Waals surface area contributed by atoms with Crippen LogP contribution in [0.3, 0.4) is 0 Å². The van der Waals surface area contributed by atoms with Crippen LogP contribution in [0, 0.1) is 5.82 Å². The molecule has 0 aliphatic carbocycles. The molecule has 0 unspecified atom stereocenters. The van der Waals surface area contributed by atoms with Crippen molar-refractivity contribution < 1.29 is 28.2 Å². The molecule has 0 amide bonds. The van der Waals surface area contributed by atoms with E-state index in [1.165, 1.54) is 38.2 Å². The van der Waals surface area contributed by atoms with Crippen LogP contribution in [0.4, 0.5) is 9.18 Å². The van der Waals surface area contributed by atoms with E-state index in [0.29, 0.717) is 30.6 Å². The molecule has 0 atom stereocenters. The van der Waals surface area contributed by atoms with Crippen LogP contribution in [-0.4, -0.2) is 24.8 Å². The lowest BCUT2D eigenvalue weighted by Crippen LogP contribution is -2.22. The van der Waals surface area contributed by atoms with E-state index in [1.54, 1.807) is 18.2 Å².